The van der Waals surface area contributed by atoms with Crippen molar-refractivity contribution in [1.82, 2.24) is 10.2 Å². The largest absolute Gasteiger partial charge is 0.353 e. The molecule has 1 heterocycles. The van der Waals surface area contributed by atoms with Gasteiger partial charge in [-0.1, -0.05) is 38.5 Å². The molecule has 1 N–H and O–H groups in total. The summed E-state index contributed by atoms with van der Waals surface area (Å²) in [5.74, 6) is -0.321. The minimum Gasteiger partial charge on any atom is -0.353 e. The summed E-state index contributed by atoms with van der Waals surface area (Å²) < 4.78 is 0. The van der Waals surface area contributed by atoms with Gasteiger partial charge in [0, 0.05) is 19.0 Å². The number of nitrogens with one attached hydrogen (secondary N) is 1. The molecule has 2 atom stereocenters. The van der Waals surface area contributed by atoms with Crippen molar-refractivity contribution in [2.45, 2.75) is 76.7 Å². The van der Waals surface area contributed by atoms with E-state index >= 15 is 0 Å². The Morgan fingerprint density at radius 1 is 0.870 bits per heavy atom. The van der Waals surface area contributed by atoms with Crippen molar-refractivity contribution in [3.63, 3.8) is 0 Å². The number of carbonyl (C=O) groups excluding carboxylic acids is 3. The van der Waals surface area contributed by atoms with Crippen molar-refractivity contribution >= 4 is 17.7 Å². The number of amides is 3. The summed E-state index contributed by atoms with van der Waals surface area (Å²) >= 11 is 0. The molecule has 0 bridgehead atoms. The molecule has 0 spiro atoms. The highest BCUT2D eigenvalue weighted by Gasteiger charge is 2.47. The highest BCUT2D eigenvalue weighted by atomic mass is 16.2. The van der Waals surface area contributed by atoms with Crippen LogP contribution in [0.25, 0.3) is 0 Å². The molecule has 2 aliphatic carbocycles. The molecule has 0 radical (unpaired) electrons. The molecule has 0 unspecified atom stereocenters. The fourth-order valence-electron chi connectivity index (χ4n) is 4.39. The molecule has 3 rings (SSSR count). The Labute approximate surface area is 138 Å². The second kappa shape index (κ2) is 7.45. The predicted octanol–water partition coefficient (Wildman–Crippen LogP) is 2.39. The quantitative estimate of drug-likeness (QED) is 0.639. The highest BCUT2D eigenvalue weighted by Crippen LogP contribution is 2.37. The first-order chi connectivity index (χ1) is 11.2. The zero-order valence-corrected chi connectivity index (χ0v) is 13.9. The number of fused-ring (bicyclic) bond motifs is 1. The van der Waals surface area contributed by atoms with Gasteiger partial charge >= 0.3 is 0 Å². The summed E-state index contributed by atoms with van der Waals surface area (Å²) in [6.45, 7) is 0.253. The van der Waals surface area contributed by atoms with Gasteiger partial charge in [0.15, 0.2) is 0 Å². The molecular weight excluding hydrogens is 292 g/mol. The summed E-state index contributed by atoms with van der Waals surface area (Å²) in [4.78, 5) is 38.2. The molecule has 1 saturated heterocycles. The van der Waals surface area contributed by atoms with Crippen LogP contribution >= 0.6 is 0 Å². The van der Waals surface area contributed by atoms with Crippen LogP contribution < -0.4 is 5.32 Å². The minimum absolute atomic E-state index is 0.0210. The van der Waals surface area contributed by atoms with Crippen LogP contribution in [0, 0.1) is 11.8 Å². The van der Waals surface area contributed by atoms with Crippen molar-refractivity contribution in [2.75, 3.05) is 6.54 Å². The van der Waals surface area contributed by atoms with Crippen LogP contribution in [0.3, 0.4) is 0 Å². The predicted molar refractivity (Wildman–Crippen MR) is 86.4 cm³/mol. The summed E-state index contributed by atoms with van der Waals surface area (Å²) in [6.07, 6.45) is 11.0. The fourth-order valence-corrected chi connectivity index (χ4v) is 4.39. The molecule has 1 aliphatic heterocycles. The van der Waals surface area contributed by atoms with Crippen molar-refractivity contribution in [2.24, 2.45) is 11.8 Å². The lowest BCUT2D eigenvalue weighted by Gasteiger charge is -2.19. The van der Waals surface area contributed by atoms with E-state index in [1.165, 1.54) is 30.6 Å². The molecule has 5 nitrogen and oxygen atoms in total. The van der Waals surface area contributed by atoms with E-state index in [2.05, 4.69) is 5.32 Å². The molecular formula is C18H28N2O3. The fraction of sp³-hybridized carbons (Fsp3) is 0.833. The van der Waals surface area contributed by atoms with E-state index in [-0.39, 0.29) is 48.6 Å². The maximum Gasteiger partial charge on any atom is 0.233 e. The molecule has 128 valence electrons. The van der Waals surface area contributed by atoms with Gasteiger partial charge in [-0.25, -0.2) is 0 Å². The second-order valence-electron chi connectivity index (χ2n) is 7.33. The number of imide groups is 1. The van der Waals surface area contributed by atoms with Crippen LogP contribution in [0.4, 0.5) is 0 Å². The lowest BCUT2D eigenvalue weighted by molar-refractivity contribution is -0.140. The van der Waals surface area contributed by atoms with Crippen LogP contribution in [-0.2, 0) is 14.4 Å². The molecule has 5 heteroatoms. The lowest BCUT2D eigenvalue weighted by atomic mass is 9.81. The van der Waals surface area contributed by atoms with E-state index in [9.17, 15) is 14.4 Å². The number of likely N-dealkylation sites (tertiary alicyclic amines) is 1. The first-order valence-corrected chi connectivity index (χ1v) is 9.31. The number of carbonyl (C=O) groups is 3. The SMILES string of the molecule is O=C(CCN1C(=O)[C@H]2CCCC[C@H]2C1=O)NC1CCCCCC1. The third-order valence-electron chi connectivity index (χ3n) is 5.72. The standard InChI is InChI=1S/C18H28N2O3/c21-16(19-13-7-3-1-2-4-8-13)11-12-20-17(22)14-9-5-6-10-15(14)18(20)23/h13-15H,1-12H2,(H,19,21)/t14-,15+. The molecule has 3 fully saturated rings. The zero-order chi connectivity index (χ0) is 16.2. The molecule has 3 amide bonds. The van der Waals surface area contributed by atoms with Gasteiger partial charge in [0.2, 0.25) is 17.7 Å². The van der Waals surface area contributed by atoms with E-state index in [0.717, 1.165) is 38.5 Å². The Kier molecular flexibility index (Phi) is 5.34. The number of rotatable bonds is 4. The van der Waals surface area contributed by atoms with Crippen molar-refractivity contribution in [3.05, 3.63) is 0 Å². The maximum atomic E-state index is 12.4. The minimum atomic E-state index is -0.110. The molecule has 0 aromatic heterocycles. The Bertz CT molecular complexity index is 445. The highest BCUT2D eigenvalue weighted by molar-refractivity contribution is 6.05. The third kappa shape index (κ3) is 3.75. The summed E-state index contributed by atoms with van der Waals surface area (Å²) in [5.41, 5.74) is 0. The van der Waals surface area contributed by atoms with E-state index in [0.29, 0.717) is 0 Å². The molecule has 0 aromatic rings. The summed E-state index contributed by atoms with van der Waals surface area (Å²) in [7, 11) is 0. The van der Waals surface area contributed by atoms with Crippen LogP contribution in [0.15, 0.2) is 0 Å². The van der Waals surface area contributed by atoms with Gasteiger partial charge in [-0.3, -0.25) is 19.3 Å². The molecule has 0 aromatic carbocycles. The van der Waals surface area contributed by atoms with Crippen LogP contribution in [0.2, 0.25) is 0 Å². The summed E-state index contributed by atoms with van der Waals surface area (Å²) in [5, 5.41) is 3.09. The molecule has 2 saturated carbocycles. The van der Waals surface area contributed by atoms with Gasteiger partial charge in [0.1, 0.15) is 0 Å². The average Bonchev–Trinajstić information content (AvgIpc) is 2.74. The van der Waals surface area contributed by atoms with Gasteiger partial charge in [-0.15, -0.1) is 0 Å². The van der Waals surface area contributed by atoms with E-state index in [4.69, 9.17) is 0 Å². The molecule has 3 aliphatic rings. The zero-order valence-electron chi connectivity index (χ0n) is 13.9. The van der Waals surface area contributed by atoms with Crippen molar-refractivity contribution in [3.8, 4) is 0 Å². The lowest BCUT2D eigenvalue weighted by Crippen LogP contribution is -2.38. The van der Waals surface area contributed by atoms with E-state index in [1.54, 1.807) is 0 Å². The van der Waals surface area contributed by atoms with Gasteiger partial charge < -0.3 is 5.32 Å². The van der Waals surface area contributed by atoms with E-state index in [1.807, 2.05) is 0 Å². The third-order valence-corrected chi connectivity index (χ3v) is 5.72. The van der Waals surface area contributed by atoms with Gasteiger partial charge in [0.25, 0.3) is 0 Å². The van der Waals surface area contributed by atoms with Crippen LogP contribution in [-0.4, -0.2) is 35.2 Å². The summed E-state index contributed by atoms with van der Waals surface area (Å²) in [6, 6.07) is 0.276. The first kappa shape index (κ1) is 16.5. The number of nitrogens with zero attached hydrogens (tertiary/aromatic N) is 1. The maximum absolute atomic E-state index is 12.4. The van der Waals surface area contributed by atoms with Crippen molar-refractivity contribution < 1.29 is 14.4 Å². The van der Waals surface area contributed by atoms with Gasteiger partial charge in [-0.2, -0.15) is 0 Å². The van der Waals surface area contributed by atoms with Crippen LogP contribution in [0.5, 0.6) is 0 Å². The Hall–Kier alpha value is -1.39. The first-order valence-electron chi connectivity index (χ1n) is 9.31. The number of hydrogen-bond acceptors (Lipinski definition) is 3. The van der Waals surface area contributed by atoms with Gasteiger partial charge in [0.05, 0.1) is 11.8 Å². The molecule has 23 heavy (non-hydrogen) atoms. The van der Waals surface area contributed by atoms with Gasteiger partial charge in [-0.05, 0) is 25.7 Å². The van der Waals surface area contributed by atoms with E-state index < -0.39 is 0 Å². The Balaban J connectivity index is 1.48. The topological polar surface area (TPSA) is 66.5 Å². The number of hydrogen-bond donors (Lipinski definition) is 1. The normalized spacial score (nSPS) is 29.3. The Morgan fingerprint density at radius 2 is 1.39 bits per heavy atom. The van der Waals surface area contributed by atoms with Crippen LogP contribution in [0.1, 0.15) is 70.6 Å². The Morgan fingerprint density at radius 3 is 1.96 bits per heavy atom. The second-order valence-corrected chi connectivity index (χ2v) is 7.33. The average molecular weight is 320 g/mol. The monoisotopic (exact) mass is 320 g/mol. The smallest absolute Gasteiger partial charge is 0.233 e. The van der Waals surface area contributed by atoms with Crippen molar-refractivity contribution in [1.29, 1.82) is 0 Å².